The average Bonchev–Trinajstić information content (AvgIpc) is 2.28. The number of anilines is 1. The molecule has 0 fully saturated rings. The van der Waals surface area contributed by atoms with Crippen LogP contribution in [0.15, 0.2) is 24.3 Å². The fourth-order valence-electron chi connectivity index (χ4n) is 1.36. The van der Waals surface area contributed by atoms with Gasteiger partial charge in [0.25, 0.3) is 0 Å². The van der Waals surface area contributed by atoms with Gasteiger partial charge in [0.05, 0.1) is 10.9 Å². The molecule has 1 unspecified atom stereocenters. The maximum absolute atomic E-state index is 5.59. The Balaban J connectivity index is 2.55. The van der Waals surface area contributed by atoms with Gasteiger partial charge in [0, 0.05) is 0 Å². The number of rotatable bonds is 2. The molecule has 0 aliphatic rings. The van der Waals surface area contributed by atoms with Crippen LogP contribution in [0.3, 0.4) is 0 Å². The van der Waals surface area contributed by atoms with Crippen molar-refractivity contribution in [1.29, 1.82) is 0 Å². The number of aromatic nitrogens is 2. The predicted molar refractivity (Wildman–Crippen MR) is 62.9 cm³/mol. The van der Waals surface area contributed by atoms with E-state index >= 15 is 0 Å². The van der Waals surface area contributed by atoms with Crippen LogP contribution in [0.2, 0.25) is 0 Å². The van der Waals surface area contributed by atoms with E-state index < -0.39 is 0 Å². The molecule has 80 valence electrons. The maximum atomic E-state index is 5.59. The molecule has 2 aromatic rings. The first-order valence-electron chi connectivity index (χ1n) is 4.85. The number of ether oxygens (including phenoxy) is 1. The molecule has 4 heteroatoms. The van der Waals surface area contributed by atoms with E-state index in [4.69, 9.17) is 16.9 Å². The summed E-state index contributed by atoms with van der Waals surface area (Å²) in [5, 5.41) is 0.804. The second-order valence-corrected chi connectivity index (χ2v) is 3.33. The third kappa shape index (κ3) is 1.89. The summed E-state index contributed by atoms with van der Waals surface area (Å²) in [6.07, 6.45) is 4.90. The molecule has 0 radical (unpaired) electrons. The zero-order chi connectivity index (χ0) is 11.5. The van der Waals surface area contributed by atoms with Gasteiger partial charge in [-0.15, -0.1) is 6.42 Å². The molecule has 16 heavy (non-hydrogen) atoms. The summed E-state index contributed by atoms with van der Waals surface area (Å²) in [4.78, 5) is 8.14. The number of nitrogen functional groups attached to an aromatic ring is 1. The molecule has 1 aromatic carbocycles. The first-order chi connectivity index (χ1) is 7.70. The fourth-order valence-corrected chi connectivity index (χ4v) is 1.36. The highest BCUT2D eigenvalue weighted by Crippen LogP contribution is 2.23. The number of hydrogen-bond donors (Lipinski definition) is 1. The number of terminal acetylenes is 1. The van der Waals surface area contributed by atoms with Crippen LogP contribution in [0.1, 0.15) is 6.92 Å². The molecule has 1 heterocycles. The largest absolute Gasteiger partial charge is 0.461 e. The quantitative estimate of drug-likeness (QED) is 0.770. The van der Waals surface area contributed by atoms with Crippen molar-refractivity contribution in [1.82, 2.24) is 9.97 Å². The van der Waals surface area contributed by atoms with Crippen LogP contribution in [0.4, 0.5) is 5.95 Å². The van der Waals surface area contributed by atoms with Crippen molar-refractivity contribution in [3.63, 3.8) is 0 Å². The standard InChI is InChI=1S/C12H11N3O/c1-3-8(2)16-11-9-6-4-5-7-10(9)14-12(13)15-11/h1,4-8H,2H3,(H2,13,14,15). The van der Waals surface area contributed by atoms with Gasteiger partial charge < -0.3 is 10.5 Å². The van der Waals surface area contributed by atoms with Gasteiger partial charge in [-0.25, -0.2) is 4.98 Å². The third-order valence-corrected chi connectivity index (χ3v) is 2.11. The molecule has 2 rings (SSSR count). The van der Waals surface area contributed by atoms with E-state index in [0.717, 1.165) is 10.9 Å². The summed E-state index contributed by atoms with van der Waals surface area (Å²) in [7, 11) is 0. The van der Waals surface area contributed by atoms with Crippen LogP contribution in [0, 0.1) is 12.3 Å². The lowest BCUT2D eigenvalue weighted by molar-refractivity contribution is 0.272. The van der Waals surface area contributed by atoms with Crippen molar-refractivity contribution in [2.75, 3.05) is 5.73 Å². The van der Waals surface area contributed by atoms with E-state index in [9.17, 15) is 0 Å². The minimum Gasteiger partial charge on any atom is -0.461 e. The Morgan fingerprint density at radius 1 is 1.38 bits per heavy atom. The Morgan fingerprint density at radius 3 is 2.88 bits per heavy atom. The summed E-state index contributed by atoms with van der Waals surface area (Å²) in [6.45, 7) is 1.77. The zero-order valence-corrected chi connectivity index (χ0v) is 8.84. The summed E-state index contributed by atoms with van der Waals surface area (Å²) < 4.78 is 5.49. The van der Waals surface area contributed by atoms with Gasteiger partial charge in [0.15, 0.2) is 6.10 Å². The normalized spacial score (nSPS) is 12.0. The topological polar surface area (TPSA) is 61.0 Å². The Kier molecular flexibility index (Phi) is 2.61. The summed E-state index contributed by atoms with van der Waals surface area (Å²) in [5.41, 5.74) is 6.33. The second-order valence-electron chi connectivity index (χ2n) is 3.33. The average molecular weight is 213 g/mol. The molecule has 0 aliphatic heterocycles. The Hall–Kier alpha value is -2.28. The van der Waals surface area contributed by atoms with Crippen LogP contribution in [0.25, 0.3) is 10.9 Å². The summed E-state index contributed by atoms with van der Waals surface area (Å²) in [5.74, 6) is 3.08. The number of para-hydroxylation sites is 1. The minimum atomic E-state index is -0.349. The van der Waals surface area contributed by atoms with E-state index in [0.29, 0.717) is 5.88 Å². The molecular formula is C12H11N3O. The molecule has 1 aromatic heterocycles. The fraction of sp³-hybridized carbons (Fsp3) is 0.167. The lowest BCUT2D eigenvalue weighted by atomic mass is 10.2. The first kappa shape index (κ1) is 10.2. The molecule has 0 bridgehead atoms. The number of benzene rings is 1. The molecule has 4 nitrogen and oxygen atoms in total. The van der Waals surface area contributed by atoms with Crippen molar-refractivity contribution in [3.05, 3.63) is 24.3 Å². The summed E-state index contributed by atoms with van der Waals surface area (Å²) >= 11 is 0. The van der Waals surface area contributed by atoms with Gasteiger partial charge in [0.2, 0.25) is 11.8 Å². The zero-order valence-electron chi connectivity index (χ0n) is 8.84. The van der Waals surface area contributed by atoms with E-state index in [-0.39, 0.29) is 12.1 Å². The van der Waals surface area contributed by atoms with Crippen LogP contribution >= 0.6 is 0 Å². The highest BCUT2D eigenvalue weighted by molar-refractivity contribution is 5.84. The number of nitrogens with zero attached hydrogens (tertiary/aromatic N) is 2. The molecule has 0 aliphatic carbocycles. The number of nitrogens with two attached hydrogens (primary N) is 1. The highest BCUT2D eigenvalue weighted by atomic mass is 16.5. The van der Waals surface area contributed by atoms with Gasteiger partial charge in [-0.1, -0.05) is 18.1 Å². The van der Waals surface area contributed by atoms with Crippen LogP contribution < -0.4 is 10.5 Å². The van der Waals surface area contributed by atoms with Gasteiger partial charge in [0.1, 0.15) is 0 Å². The van der Waals surface area contributed by atoms with Crippen LogP contribution in [-0.4, -0.2) is 16.1 Å². The molecule has 0 spiro atoms. The van der Waals surface area contributed by atoms with E-state index in [2.05, 4.69) is 15.9 Å². The molecule has 1 atom stereocenters. The Morgan fingerprint density at radius 2 is 2.12 bits per heavy atom. The second kappa shape index (κ2) is 4.07. The van der Waals surface area contributed by atoms with Gasteiger partial charge in [-0.05, 0) is 19.1 Å². The third-order valence-electron chi connectivity index (χ3n) is 2.11. The van der Waals surface area contributed by atoms with Crippen molar-refractivity contribution in [2.24, 2.45) is 0 Å². The lowest BCUT2D eigenvalue weighted by Gasteiger charge is -2.10. The highest BCUT2D eigenvalue weighted by Gasteiger charge is 2.08. The molecule has 0 saturated heterocycles. The van der Waals surface area contributed by atoms with Gasteiger partial charge >= 0.3 is 0 Å². The summed E-state index contributed by atoms with van der Waals surface area (Å²) in [6, 6.07) is 7.48. The SMILES string of the molecule is C#CC(C)Oc1nc(N)nc2ccccc12. The molecule has 2 N–H and O–H groups in total. The predicted octanol–water partition coefficient (Wildman–Crippen LogP) is 1.61. The van der Waals surface area contributed by atoms with Gasteiger partial charge in [-0.2, -0.15) is 4.98 Å². The monoisotopic (exact) mass is 213 g/mol. The van der Waals surface area contributed by atoms with E-state index in [1.54, 1.807) is 6.92 Å². The molecular weight excluding hydrogens is 202 g/mol. The maximum Gasteiger partial charge on any atom is 0.227 e. The number of hydrogen-bond acceptors (Lipinski definition) is 4. The van der Waals surface area contributed by atoms with Crippen molar-refractivity contribution < 1.29 is 4.74 Å². The van der Waals surface area contributed by atoms with Crippen molar-refractivity contribution in [2.45, 2.75) is 13.0 Å². The molecule has 0 amide bonds. The Labute approximate surface area is 93.5 Å². The lowest BCUT2D eigenvalue weighted by Crippen LogP contribution is -2.11. The van der Waals surface area contributed by atoms with E-state index in [1.807, 2.05) is 24.3 Å². The Bertz CT molecular complexity index is 560. The molecule has 0 saturated carbocycles. The van der Waals surface area contributed by atoms with Crippen molar-refractivity contribution in [3.8, 4) is 18.2 Å². The first-order valence-corrected chi connectivity index (χ1v) is 4.85. The van der Waals surface area contributed by atoms with Gasteiger partial charge in [-0.3, -0.25) is 0 Å². The number of fused-ring (bicyclic) bond motifs is 1. The van der Waals surface area contributed by atoms with Crippen LogP contribution in [0.5, 0.6) is 5.88 Å². The van der Waals surface area contributed by atoms with Crippen LogP contribution in [-0.2, 0) is 0 Å². The van der Waals surface area contributed by atoms with Crippen molar-refractivity contribution >= 4 is 16.9 Å². The minimum absolute atomic E-state index is 0.179. The smallest absolute Gasteiger partial charge is 0.227 e. The van der Waals surface area contributed by atoms with E-state index in [1.165, 1.54) is 0 Å².